The molecule has 254 valence electrons. The Bertz CT molecular complexity index is 1860. The summed E-state index contributed by atoms with van der Waals surface area (Å²) in [6, 6.07) is 10.6. The molecular weight excluding hydrogens is 620 g/mol. The van der Waals surface area contributed by atoms with E-state index in [1.54, 1.807) is 24.4 Å². The first kappa shape index (κ1) is 32.6. The summed E-state index contributed by atoms with van der Waals surface area (Å²) in [4.78, 5) is 67.7. The summed E-state index contributed by atoms with van der Waals surface area (Å²) in [5.74, 6) is -0.911. The summed E-state index contributed by atoms with van der Waals surface area (Å²) in [6.45, 7) is 2.92. The van der Waals surface area contributed by atoms with E-state index in [1.807, 2.05) is 18.5 Å². The maximum atomic E-state index is 13.1. The lowest BCUT2D eigenvalue weighted by atomic mass is 9.78. The Kier molecular flexibility index (Phi) is 9.22. The van der Waals surface area contributed by atoms with Gasteiger partial charge in [0.2, 0.25) is 11.8 Å². The van der Waals surface area contributed by atoms with Crippen LogP contribution in [0.5, 0.6) is 0 Å². The molecule has 3 fully saturated rings. The Morgan fingerprint density at radius 3 is 2.63 bits per heavy atom. The van der Waals surface area contributed by atoms with Crippen molar-refractivity contribution >= 4 is 52.1 Å². The van der Waals surface area contributed by atoms with Gasteiger partial charge in [-0.3, -0.25) is 39.4 Å². The molecule has 0 bridgehead atoms. The van der Waals surface area contributed by atoms with Crippen molar-refractivity contribution < 1.29 is 19.2 Å². The fourth-order valence-electron chi connectivity index (χ4n) is 7.49. The van der Waals surface area contributed by atoms with Crippen LogP contribution in [0.25, 0.3) is 16.6 Å². The van der Waals surface area contributed by atoms with Crippen LogP contribution in [-0.4, -0.2) is 88.4 Å². The zero-order valence-electron chi connectivity index (χ0n) is 27.7. The Labute approximate surface area is 285 Å². The van der Waals surface area contributed by atoms with Crippen molar-refractivity contribution in [3.63, 3.8) is 0 Å². The number of nitrogens with zero attached hydrogens (tertiary/aromatic N) is 5. The Hall–Kier alpha value is -4.97. The van der Waals surface area contributed by atoms with Crippen LogP contribution in [0.2, 0.25) is 0 Å². The van der Waals surface area contributed by atoms with E-state index in [0.717, 1.165) is 91.0 Å². The van der Waals surface area contributed by atoms with Crippen LogP contribution in [0, 0.1) is 5.92 Å². The van der Waals surface area contributed by atoms with Gasteiger partial charge in [0.1, 0.15) is 6.04 Å². The molecule has 4 heterocycles. The molecule has 7 rings (SSSR count). The summed E-state index contributed by atoms with van der Waals surface area (Å²) < 4.78 is 0. The number of carbonyl (C=O) groups excluding carboxylic acids is 4. The van der Waals surface area contributed by atoms with E-state index in [4.69, 9.17) is 20.7 Å². The maximum absolute atomic E-state index is 13.1. The van der Waals surface area contributed by atoms with E-state index >= 15 is 0 Å². The molecule has 1 saturated carbocycles. The first-order valence-electron chi connectivity index (χ1n) is 17.3. The molecule has 0 spiro atoms. The highest BCUT2D eigenvalue weighted by atomic mass is 16.2. The molecule has 3 aromatic rings. The second-order valence-corrected chi connectivity index (χ2v) is 13.7. The summed E-state index contributed by atoms with van der Waals surface area (Å²) >= 11 is 0. The number of allylic oxidation sites excluding steroid dienone is 1. The van der Waals surface area contributed by atoms with Crippen molar-refractivity contribution in [1.29, 1.82) is 0 Å². The SMILES string of the molecule is CN1CCC(c2cccc3nc(C(C=NC4CC(CCCNc5ccc6c(c5)C(=O)N(C5CCC(=O)NC5=O)C6=O)C4)=CN)cnc23)CC1. The van der Waals surface area contributed by atoms with Gasteiger partial charge in [0.15, 0.2) is 0 Å². The second kappa shape index (κ2) is 13.9. The first-order valence-corrected chi connectivity index (χ1v) is 17.3. The monoisotopic (exact) mass is 662 g/mol. The number of amides is 4. The van der Waals surface area contributed by atoms with Gasteiger partial charge in [0.05, 0.1) is 40.1 Å². The van der Waals surface area contributed by atoms with Gasteiger partial charge in [0, 0.05) is 36.6 Å². The van der Waals surface area contributed by atoms with Crippen LogP contribution in [-0.2, 0) is 9.59 Å². The molecule has 2 aromatic carbocycles. The summed E-state index contributed by atoms with van der Waals surface area (Å²) in [5, 5.41) is 5.59. The van der Waals surface area contributed by atoms with E-state index in [-0.39, 0.29) is 30.0 Å². The van der Waals surface area contributed by atoms with Crippen molar-refractivity contribution in [2.45, 2.75) is 69.4 Å². The second-order valence-electron chi connectivity index (χ2n) is 13.7. The van der Waals surface area contributed by atoms with Crippen LogP contribution in [0.1, 0.15) is 89.3 Å². The third-order valence-electron chi connectivity index (χ3n) is 10.4. The average Bonchev–Trinajstić information content (AvgIpc) is 3.33. The first-order chi connectivity index (χ1) is 23.8. The molecule has 0 radical (unpaired) electrons. The number of likely N-dealkylation sites (tertiary alicyclic amines) is 1. The average molecular weight is 663 g/mol. The van der Waals surface area contributed by atoms with Gasteiger partial charge in [-0.15, -0.1) is 0 Å². The van der Waals surface area contributed by atoms with Gasteiger partial charge in [-0.2, -0.15) is 0 Å². The normalized spacial score (nSPS) is 23.7. The van der Waals surface area contributed by atoms with E-state index in [0.29, 0.717) is 11.8 Å². The van der Waals surface area contributed by atoms with Gasteiger partial charge < -0.3 is 16.0 Å². The summed E-state index contributed by atoms with van der Waals surface area (Å²) in [6.07, 6.45) is 11.7. The fourth-order valence-corrected chi connectivity index (χ4v) is 7.49. The van der Waals surface area contributed by atoms with E-state index in [1.165, 1.54) is 5.56 Å². The molecule has 2 saturated heterocycles. The molecule has 1 aromatic heterocycles. The number of aromatic nitrogens is 2. The molecule has 4 N–H and O–H groups in total. The minimum Gasteiger partial charge on any atom is -0.404 e. The van der Waals surface area contributed by atoms with Gasteiger partial charge in [-0.05, 0) is 107 Å². The number of nitrogens with two attached hydrogens (primary N) is 1. The van der Waals surface area contributed by atoms with Gasteiger partial charge in [-0.25, -0.2) is 4.98 Å². The number of piperidine rings is 2. The smallest absolute Gasteiger partial charge is 0.262 e. The highest BCUT2D eigenvalue weighted by Gasteiger charge is 2.44. The van der Waals surface area contributed by atoms with E-state index < -0.39 is 29.7 Å². The predicted molar refractivity (Wildman–Crippen MR) is 187 cm³/mol. The minimum atomic E-state index is -0.968. The van der Waals surface area contributed by atoms with Crippen molar-refractivity contribution in [3.8, 4) is 0 Å². The molecule has 4 amide bonds. The van der Waals surface area contributed by atoms with Crippen LogP contribution in [0.15, 0.2) is 53.8 Å². The van der Waals surface area contributed by atoms with Gasteiger partial charge in [0.25, 0.3) is 11.8 Å². The maximum Gasteiger partial charge on any atom is 0.262 e. The van der Waals surface area contributed by atoms with E-state index in [2.05, 4.69) is 34.7 Å². The Balaban J connectivity index is 0.872. The number of aliphatic imine (C=N–C) groups is 1. The van der Waals surface area contributed by atoms with Gasteiger partial charge >= 0.3 is 0 Å². The number of hydrogen-bond donors (Lipinski definition) is 3. The van der Waals surface area contributed by atoms with Crippen molar-refractivity contribution in [2.75, 3.05) is 32.0 Å². The number of para-hydroxylation sites is 1. The van der Waals surface area contributed by atoms with Crippen LogP contribution < -0.4 is 16.4 Å². The molecule has 4 aliphatic rings. The third-order valence-corrected chi connectivity index (χ3v) is 10.4. The highest BCUT2D eigenvalue weighted by molar-refractivity contribution is 6.23. The Morgan fingerprint density at radius 2 is 1.86 bits per heavy atom. The summed E-state index contributed by atoms with van der Waals surface area (Å²) in [5.41, 5.74) is 11.9. The van der Waals surface area contributed by atoms with Crippen LogP contribution >= 0.6 is 0 Å². The number of hydrogen-bond acceptors (Lipinski definition) is 10. The predicted octanol–water partition coefficient (Wildman–Crippen LogP) is 3.88. The molecule has 12 heteroatoms. The quantitative estimate of drug-likeness (QED) is 0.166. The largest absolute Gasteiger partial charge is 0.404 e. The fraction of sp³-hybridized carbons (Fsp3) is 0.432. The number of carbonyl (C=O) groups is 4. The van der Waals surface area contributed by atoms with Gasteiger partial charge in [-0.1, -0.05) is 12.1 Å². The molecule has 1 unspecified atom stereocenters. The standard InChI is InChI=1S/C37H42N8O4/c1-44-14-11-23(12-15-44)27-5-2-6-30-34(27)41-21-31(42-30)24(19-38)20-40-26-16-22(17-26)4-3-13-39-25-7-8-28-29(18-25)37(49)45(36(28)48)32-9-10-33(46)43-35(32)47/h2,5-8,18-23,26,32,39H,3-4,9-17,38H2,1H3,(H,43,46,47). The molecule has 49 heavy (non-hydrogen) atoms. The zero-order valence-corrected chi connectivity index (χ0v) is 27.7. The summed E-state index contributed by atoms with van der Waals surface area (Å²) in [7, 11) is 2.17. The van der Waals surface area contributed by atoms with E-state index in [9.17, 15) is 19.2 Å². The lowest BCUT2D eigenvalue weighted by molar-refractivity contribution is -0.136. The molecule has 12 nitrogen and oxygen atoms in total. The number of rotatable bonds is 10. The van der Waals surface area contributed by atoms with Crippen molar-refractivity contribution in [3.05, 3.63) is 71.2 Å². The van der Waals surface area contributed by atoms with Crippen molar-refractivity contribution in [1.82, 2.24) is 25.1 Å². The number of imide groups is 2. The number of nitrogens with one attached hydrogen (secondary N) is 2. The minimum absolute atomic E-state index is 0.0939. The lowest BCUT2D eigenvalue weighted by Crippen LogP contribution is -2.54. The molecule has 3 aliphatic heterocycles. The molecule has 1 aliphatic carbocycles. The topological polar surface area (TPSA) is 163 Å². The Morgan fingerprint density at radius 1 is 1.06 bits per heavy atom. The van der Waals surface area contributed by atoms with Crippen LogP contribution in [0.4, 0.5) is 5.69 Å². The molecular formula is C37H42N8O4. The number of anilines is 1. The van der Waals surface area contributed by atoms with Crippen LogP contribution in [0.3, 0.4) is 0 Å². The number of fused-ring (bicyclic) bond motifs is 2. The zero-order chi connectivity index (χ0) is 34.1. The molecule has 1 atom stereocenters. The number of benzene rings is 2. The van der Waals surface area contributed by atoms with Crippen molar-refractivity contribution in [2.24, 2.45) is 16.6 Å². The third kappa shape index (κ3) is 6.69. The lowest BCUT2D eigenvalue weighted by Gasteiger charge is -2.32. The highest BCUT2D eigenvalue weighted by Crippen LogP contribution is 2.35.